The normalized spacial score (nSPS) is 27.7. The number of rotatable bonds is 3. The highest BCUT2D eigenvalue weighted by molar-refractivity contribution is 5.06. The third-order valence-electron chi connectivity index (χ3n) is 2.77. The van der Waals surface area contributed by atoms with Gasteiger partial charge in [-0.15, -0.1) is 6.42 Å². The van der Waals surface area contributed by atoms with Crippen molar-refractivity contribution in [3.05, 3.63) is 12.2 Å². The molecule has 3 unspecified atom stereocenters. The molecule has 0 radical (unpaired) electrons. The molecule has 0 saturated heterocycles. The summed E-state index contributed by atoms with van der Waals surface area (Å²) in [5.74, 6) is 2.54. The molecule has 1 aliphatic carbocycles. The van der Waals surface area contributed by atoms with Gasteiger partial charge in [-0.2, -0.15) is 0 Å². The van der Waals surface area contributed by atoms with Gasteiger partial charge in [0.2, 0.25) is 0 Å². The van der Waals surface area contributed by atoms with E-state index in [0.29, 0.717) is 0 Å². The van der Waals surface area contributed by atoms with E-state index in [1.807, 2.05) is 0 Å². The van der Waals surface area contributed by atoms with Gasteiger partial charge in [-0.1, -0.05) is 18.1 Å². The first kappa shape index (κ1) is 11.3. The quantitative estimate of drug-likeness (QED) is 0.527. The largest absolute Gasteiger partial charge is 0.393 e. The van der Waals surface area contributed by atoms with E-state index in [9.17, 15) is 10.2 Å². The van der Waals surface area contributed by atoms with Gasteiger partial charge in [-0.25, -0.2) is 0 Å². The Morgan fingerprint density at radius 1 is 1.64 bits per heavy atom. The average molecular weight is 194 g/mol. The monoisotopic (exact) mass is 194 g/mol. The van der Waals surface area contributed by atoms with Gasteiger partial charge in [-0.3, -0.25) is 0 Å². The highest BCUT2D eigenvalue weighted by Crippen LogP contribution is 2.26. The maximum absolute atomic E-state index is 9.85. The van der Waals surface area contributed by atoms with Crippen LogP contribution in [0.3, 0.4) is 0 Å². The predicted octanol–water partition coefficient (Wildman–Crippen LogP) is 1.48. The van der Waals surface area contributed by atoms with Crippen molar-refractivity contribution in [1.82, 2.24) is 0 Å². The van der Waals surface area contributed by atoms with E-state index in [2.05, 4.69) is 18.1 Å². The van der Waals surface area contributed by atoms with Gasteiger partial charge in [0.15, 0.2) is 0 Å². The molecule has 2 nitrogen and oxygen atoms in total. The number of terminal acetylenes is 1. The maximum atomic E-state index is 9.85. The molecule has 0 aromatic heterocycles. The van der Waals surface area contributed by atoms with Crippen molar-refractivity contribution in [2.45, 2.75) is 44.3 Å². The van der Waals surface area contributed by atoms with E-state index in [1.165, 1.54) is 0 Å². The van der Waals surface area contributed by atoms with Gasteiger partial charge in [0.25, 0.3) is 0 Å². The molecule has 14 heavy (non-hydrogen) atoms. The molecular weight excluding hydrogens is 176 g/mol. The van der Waals surface area contributed by atoms with Crippen LogP contribution in [-0.4, -0.2) is 21.9 Å². The van der Waals surface area contributed by atoms with Gasteiger partial charge >= 0.3 is 0 Å². The van der Waals surface area contributed by atoms with Crippen molar-refractivity contribution < 1.29 is 10.2 Å². The molecule has 78 valence electrons. The van der Waals surface area contributed by atoms with Crippen LogP contribution in [0.5, 0.6) is 0 Å². The molecule has 2 heteroatoms. The number of hydrogen-bond acceptors (Lipinski definition) is 2. The van der Waals surface area contributed by atoms with Crippen molar-refractivity contribution >= 4 is 0 Å². The molecule has 3 atom stereocenters. The second-order valence-corrected chi connectivity index (χ2v) is 4.23. The molecule has 1 aliphatic rings. The zero-order chi connectivity index (χ0) is 10.6. The van der Waals surface area contributed by atoms with Crippen LogP contribution in [0.2, 0.25) is 0 Å². The smallest absolute Gasteiger partial charge is 0.124 e. The third kappa shape index (κ3) is 3.17. The molecule has 0 fully saturated rings. The van der Waals surface area contributed by atoms with Gasteiger partial charge in [0.1, 0.15) is 5.60 Å². The summed E-state index contributed by atoms with van der Waals surface area (Å²) in [5.41, 5.74) is -1.18. The number of aliphatic hydroxyl groups excluding tert-OH is 1. The summed E-state index contributed by atoms with van der Waals surface area (Å²) in [7, 11) is 0. The topological polar surface area (TPSA) is 40.5 Å². The highest BCUT2D eigenvalue weighted by Gasteiger charge is 2.27. The van der Waals surface area contributed by atoms with Crippen LogP contribution < -0.4 is 0 Å². The number of allylic oxidation sites excluding steroid dienone is 2. The lowest BCUT2D eigenvalue weighted by atomic mass is 9.84. The summed E-state index contributed by atoms with van der Waals surface area (Å²) in [5, 5.41) is 19.5. The minimum atomic E-state index is -1.18. The van der Waals surface area contributed by atoms with Crippen LogP contribution in [0, 0.1) is 18.3 Å². The standard InChI is InChI=1S/C12H18O2/c1-3-12(2,14)9-11(13)10-7-5-4-6-8-10/h1,4-5,10-11,13-14H,6-9H2,2H3. The summed E-state index contributed by atoms with van der Waals surface area (Å²) in [4.78, 5) is 0. The number of hydrogen-bond donors (Lipinski definition) is 2. The summed E-state index contributed by atoms with van der Waals surface area (Å²) in [6.07, 6.45) is 12.0. The van der Waals surface area contributed by atoms with Crippen LogP contribution in [0.1, 0.15) is 32.6 Å². The Balaban J connectivity index is 2.46. The van der Waals surface area contributed by atoms with Crippen LogP contribution >= 0.6 is 0 Å². The van der Waals surface area contributed by atoms with Crippen LogP contribution in [0.4, 0.5) is 0 Å². The Hall–Kier alpha value is -0.780. The van der Waals surface area contributed by atoms with E-state index in [1.54, 1.807) is 6.92 Å². The molecule has 0 saturated carbocycles. The van der Waals surface area contributed by atoms with Crippen molar-refractivity contribution in [3.63, 3.8) is 0 Å². The van der Waals surface area contributed by atoms with Gasteiger partial charge in [-0.05, 0) is 32.1 Å². The number of aliphatic hydroxyl groups is 2. The van der Waals surface area contributed by atoms with Crippen LogP contribution in [0.15, 0.2) is 12.2 Å². The first-order valence-electron chi connectivity index (χ1n) is 5.08. The van der Waals surface area contributed by atoms with Gasteiger partial charge in [0.05, 0.1) is 6.10 Å². The maximum Gasteiger partial charge on any atom is 0.124 e. The zero-order valence-electron chi connectivity index (χ0n) is 8.61. The van der Waals surface area contributed by atoms with Gasteiger partial charge in [0, 0.05) is 6.42 Å². The third-order valence-corrected chi connectivity index (χ3v) is 2.77. The molecule has 2 N–H and O–H groups in total. The Bertz CT molecular complexity index is 248. The van der Waals surface area contributed by atoms with E-state index in [-0.39, 0.29) is 12.3 Å². The van der Waals surface area contributed by atoms with E-state index < -0.39 is 11.7 Å². The molecule has 0 amide bonds. The first-order valence-corrected chi connectivity index (χ1v) is 5.08. The summed E-state index contributed by atoms with van der Waals surface area (Å²) in [6, 6.07) is 0. The van der Waals surface area contributed by atoms with Crippen molar-refractivity contribution in [2.75, 3.05) is 0 Å². The summed E-state index contributed by atoms with van der Waals surface area (Å²) >= 11 is 0. The lowest BCUT2D eigenvalue weighted by Crippen LogP contribution is -2.32. The van der Waals surface area contributed by atoms with E-state index in [0.717, 1.165) is 19.3 Å². The second kappa shape index (κ2) is 4.63. The summed E-state index contributed by atoms with van der Waals surface area (Å²) in [6.45, 7) is 1.56. The molecule has 0 bridgehead atoms. The fraction of sp³-hybridized carbons (Fsp3) is 0.667. The Labute approximate surface area is 85.6 Å². The lowest BCUT2D eigenvalue weighted by molar-refractivity contribution is 0.0163. The molecule has 0 heterocycles. The lowest BCUT2D eigenvalue weighted by Gasteiger charge is -2.27. The molecule has 0 aromatic carbocycles. The fourth-order valence-electron chi connectivity index (χ4n) is 1.80. The minimum Gasteiger partial charge on any atom is -0.393 e. The first-order chi connectivity index (χ1) is 6.55. The molecule has 0 aromatic rings. The molecular formula is C12H18O2. The van der Waals surface area contributed by atoms with Crippen molar-refractivity contribution in [1.29, 1.82) is 0 Å². The van der Waals surface area contributed by atoms with Crippen molar-refractivity contribution in [2.24, 2.45) is 5.92 Å². The summed E-state index contributed by atoms with van der Waals surface area (Å²) < 4.78 is 0. The molecule has 0 aliphatic heterocycles. The SMILES string of the molecule is C#CC(C)(O)CC(O)C1CC=CCC1. The predicted molar refractivity (Wildman–Crippen MR) is 56.6 cm³/mol. The molecule has 1 rings (SSSR count). The van der Waals surface area contributed by atoms with E-state index >= 15 is 0 Å². The highest BCUT2D eigenvalue weighted by atomic mass is 16.3. The Morgan fingerprint density at radius 3 is 2.86 bits per heavy atom. The van der Waals surface area contributed by atoms with Crippen LogP contribution in [-0.2, 0) is 0 Å². The Morgan fingerprint density at radius 2 is 2.36 bits per heavy atom. The van der Waals surface area contributed by atoms with Crippen LogP contribution in [0.25, 0.3) is 0 Å². The van der Waals surface area contributed by atoms with Gasteiger partial charge < -0.3 is 10.2 Å². The fourth-order valence-corrected chi connectivity index (χ4v) is 1.80. The zero-order valence-corrected chi connectivity index (χ0v) is 8.61. The van der Waals surface area contributed by atoms with E-state index in [4.69, 9.17) is 6.42 Å². The second-order valence-electron chi connectivity index (χ2n) is 4.23. The molecule has 0 spiro atoms. The Kier molecular flexibility index (Phi) is 3.74. The average Bonchev–Trinajstić information content (AvgIpc) is 2.19. The van der Waals surface area contributed by atoms with Crippen molar-refractivity contribution in [3.8, 4) is 12.3 Å². The minimum absolute atomic E-state index is 0.250.